The van der Waals surface area contributed by atoms with Crippen molar-refractivity contribution in [2.75, 3.05) is 11.5 Å². The SMILES string of the molecule is Cn1nc(-c2nc(N)nc(N)n2)c2ccccc21. The van der Waals surface area contributed by atoms with Crippen LogP contribution < -0.4 is 11.5 Å². The number of rotatable bonds is 1. The van der Waals surface area contributed by atoms with Crippen LogP contribution in [0, 0.1) is 0 Å². The molecular weight excluding hydrogens is 230 g/mol. The van der Waals surface area contributed by atoms with Crippen molar-refractivity contribution in [1.82, 2.24) is 24.7 Å². The Kier molecular flexibility index (Phi) is 2.12. The molecule has 7 heteroatoms. The predicted octanol–water partition coefficient (Wildman–Crippen LogP) is 0.590. The lowest BCUT2D eigenvalue weighted by Crippen LogP contribution is -2.04. The molecule has 1 aromatic carbocycles. The van der Waals surface area contributed by atoms with E-state index < -0.39 is 0 Å². The van der Waals surface area contributed by atoms with E-state index in [-0.39, 0.29) is 11.9 Å². The van der Waals surface area contributed by atoms with E-state index in [1.54, 1.807) is 4.68 Å². The minimum Gasteiger partial charge on any atom is -0.368 e. The standard InChI is InChI=1S/C11H11N7/c1-18-7-5-3-2-4-6(7)8(17-18)9-14-10(12)16-11(13)15-9/h2-5H,1H3,(H4,12,13,14,15,16). The summed E-state index contributed by atoms with van der Waals surface area (Å²) in [6, 6.07) is 7.80. The van der Waals surface area contributed by atoms with Gasteiger partial charge in [-0.15, -0.1) is 0 Å². The molecule has 18 heavy (non-hydrogen) atoms. The Hall–Kier alpha value is -2.70. The quantitative estimate of drug-likeness (QED) is 0.645. The summed E-state index contributed by atoms with van der Waals surface area (Å²) in [5.41, 5.74) is 12.8. The third kappa shape index (κ3) is 1.53. The first-order valence-electron chi connectivity index (χ1n) is 5.34. The van der Waals surface area contributed by atoms with Crippen molar-refractivity contribution in [2.24, 2.45) is 7.05 Å². The monoisotopic (exact) mass is 241 g/mol. The zero-order valence-corrected chi connectivity index (χ0v) is 9.70. The zero-order chi connectivity index (χ0) is 12.7. The topological polar surface area (TPSA) is 109 Å². The second-order valence-electron chi connectivity index (χ2n) is 3.86. The van der Waals surface area contributed by atoms with E-state index in [4.69, 9.17) is 11.5 Å². The summed E-state index contributed by atoms with van der Waals surface area (Å²) in [4.78, 5) is 11.9. The summed E-state index contributed by atoms with van der Waals surface area (Å²) < 4.78 is 1.76. The first-order valence-corrected chi connectivity index (χ1v) is 5.34. The molecule has 0 aliphatic carbocycles. The van der Waals surface area contributed by atoms with Gasteiger partial charge in [0.15, 0.2) is 5.82 Å². The molecule has 0 saturated heterocycles. The van der Waals surface area contributed by atoms with Gasteiger partial charge >= 0.3 is 0 Å². The summed E-state index contributed by atoms with van der Waals surface area (Å²) in [5.74, 6) is 0.566. The van der Waals surface area contributed by atoms with Gasteiger partial charge in [-0.05, 0) is 6.07 Å². The third-order valence-corrected chi connectivity index (χ3v) is 2.64. The maximum atomic E-state index is 5.57. The van der Waals surface area contributed by atoms with Gasteiger partial charge < -0.3 is 11.5 Å². The van der Waals surface area contributed by atoms with E-state index in [1.807, 2.05) is 31.3 Å². The number of nitrogens with two attached hydrogens (primary N) is 2. The van der Waals surface area contributed by atoms with Gasteiger partial charge in [0, 0.05) is 12.4 Å². The van der Waals surface area contributed by atoms with Gasteiger partial charge in [-0.1, -0.05) is 18.2 Å². The molecule has 4 N–H and O–H groups in total. The number of aryl methyl sites for hydroxylation is 1. The average molecular weight is 241 g/mol. The van der Waals surface area contributed by atoms with Crippen LogP contribution in [0.3, 0.4) is 0 Å². The Morgan fingerprint density at radius 1 is 1.00 bits per heavy atom. The van der Waals surface area contributed by atoms with Gasteiger partial charge in [0.2, 0.25) is 11.9 Å². The van der Waals surface area contributed by atoms with Crippen LogP contribution in [0.2, 0.25) is 0 Å². The van der Waals surface area contributed by atoms with Gasteiger partial charge in [0.05, 0.1) is 5.52 Å². The molecule has 0 atom stereocenters. The number of nitrogen functional groups attached to an aromatic ring is 2. The van der Waals surface area contributed by atoms with Crippen LogP contribution >= 0.6 is 0 Å². The summed E-state index contributed by atoms with van der Waals surface area (Å²) in [7, 11) is 1.86. The number of hydrogen-bond acceptors (Lipinski definition) is 6. The Balaban J connectivity index is 2.31. The Morgan fingerprint density at radius 2 is 1.67 bits per heavy atom. The molecule has 90 valence electrons. The highest BCUT2D eigenvalue weighted by Gasteiger charge is 2.13. The fraction of sp³-hybridized carbons (Fsp3) is 0.0909. The van der Waals surface area contributed by atoms with Crippen LogP contribution in [0.5, 0.6) is 0 Å². The molecule has 3 rings (SSSR count). The van der Waals surface area contributed by atoms with Crippen LogP contribution in [0.25, 0.3) is 22.4 Å². The lowest BCUT2D eigenvalue weighted by molar-refractivity contribution is 0.797. The maximum absolute atomic E-state index is 5.57. The highest BCUT2D eigenvalue weighted by molar-refractivity contribution is 5.91. The van der Waals surface area contributed by atoms with Crippen molar-refractivity contribution >= 4 is 22.8 Å². The Labute approximate surface area is 102 Å². The average Bonchev–Trinajstić information content (AvgIpc) is 2.66. The van der Waals surface area contributed by atoms with Crippen LogP contribution in [0.4, 0.5) is 11.9 Å². The van der Waals surface area contributed by atoms with Crippen molar-refractivity contribution in [3.8, 4) is 11.5 Å². The fourth-order valence-electron chi connectivity index (χ4n) is 1.89. The zero-order valence-electron chi connectivity index (χ0n) is 9.70. The fourth-order valence-corrected chi connectivity index (χ4v) is 1.89. The van der Waals surface area contributed by atoms with Gasteiger partial charge in [-0.2, -0.15) is 20.1 Å². The van der Waals surface area contributed by atoms with E-state index in [0.717, 1.165) is 10.9 Å². The summed E-state index contributed by atoms with van der Waals surface area (Å²) in [6.07, 6.45) is 0. The molecule has 0 amide bonds. The van der Waals surface area contributed by atoms with Crippen LogP contribution in [-0.4, -0.2) is 24.7 Å². The van der Waals surface area contributed by atoms with Crippen LogP contribution in [0.15, 0.2) is 24.3 Å². The molecule has 2 aromatic heterocycles. The van der Waals surface area contributed by atoms with E-state index >= 15 is 0 Å². The molecule has 7 nitrogen and oxygen atoms in total. The lowest BCUT2D eigenvalue weighted by Gasteiger charge is -1.99. The molecule has 0 unspecified atom stereocenters. The number of nitrogens with zero attached hydrogens (tertiary/aromatic N) is 5. The lowest BCUT2D eigenvalue weighted by atomic mass is 10.2. The van der Waals surface area contributed by atoms with Crippen molar-refractivity contribution in [3.63, 3.8) is 0 Å². The van der Waals surface area contributed by atoms with E-state index in [9.17, 15) is 0 Å². The van der Waals surface area contributed by atoms with Crippen molar-refractivity contribution in [1.29, 1.82) is 0 Å². The molecule has 0 aliphatic heterocycles. The first-order chi connectivity index (χ1) is 8.65. The normalized spacial score (nSPS) is 10.9. The molecule has 0 aliphatic rings. The number of hydrogen-bond donors (Lipinski definition) is 2. The van der Waals surface area contributed by atoms with Crippen LogP contribution in [0.1, 0.15) is 0 Å². The van der Waals surface area contributed by atoms with Crippen molar-refractivity contribution in [2.45, 2.75) is 0 Å². The number of benzene rings is 1. The third-order valence-electron chi connectivity index (χ3n) is 2.64. The number of fused-ring (bicyclic) bond motifs is 1. The van der Waals surface area contributed by atoms with E-state index in [2.05, 4.69) is 20.1 Å². The predicted molar refractivity (Wildman–Crippen MR) is 68.4 cm³/mol. The van der Waals surface area contributed by atoms with Crippen molar-refractivity contribution < 1.29 is 0 Å². The molecule has 0 radical (unpaired) electrons. The highest BCUT2D eigenvalue weighted by atomic mass is 15.3. The molecule has 2 heterocycles. The smallest absolute Gasteiger partial charge is 0.225 e. The number of aromatic nitrogens is 5. The van der Waals surface area contributed by atoms with Crippen LogP contribution in [-0.2, 0) is 7.05 Å². The second-order valence-corrected chi connectivity index (χ2v) is 3.86. The second kappa shape index (κ2) is 3.66. The Morgan fingerprint density at radius 3 is 2.39 bits per heavy atom. The minimum absolute atomic E-state index is 0.0900. The first kappa shape index (κ1) is 10.5. The molecule has 0 bridgehead atoms. The maximum Gasteiger partial charge on any atom is 0.225 e. The molecule has 0 saturated carbocycles. The summed E-state index contributed by atoms with van der Waals surface area (Å²) >= 11 is 0. The number of anilines is 2. The molecule has 0 fully saturated rings. The van der Waals surface area contributed by atoms with Crippen molar-refractivity contribution in [3.05, 3.63) is 24.3 Å². The van der Waals surface area contributed by atoms with E-state index in [1.165, 1.54) is 0 Å². The molecular formula is C11H11N7. The molecule has 3 aromatic rings. The summed E-state index contributed by atoms with van der Waals surface area (Å²) in [6.45, 7) is 0. The molecule has 0 spiro atoms. The highest BCUT2D eigenvalue weighted by Crippen LogP contribution is 2.25. The van der Waals surface area contributed by atoms with Gasteiger partial charge in [-0.3, -0.25) is 4.68 Å². The van der Waals surface area contributed by atoms with Gasteiger partial charge in [0.1, 0.15) is 5.69 Å². The summed E-state index contributed by atoms with van der Waals surface area (Å²) in [5, 5.41) is 5.34. The minimum atomic E-state index is 0.0900. The van der Waals surface area contributed by atoms with Gasteiger partial charge in [-0.25, -0.2) is 0 Å². The Bertz CT molecular complexity index is 711. The number of para-hydroxylation sites is 1. The largest absolute Gasteiger partial charge is 0.368 e. The van der Waals surface area contributed by atoms with Gasteiger partial charge in [0.25, 0.3) is 0 Å². The van der Waals surface area contributed by atoms with E-state index in [0.29, 0.717) is 11.5 Å².